The summed E-state index contributed by atoms with van der Waals surface area (Å²) in [5.74, 6) is 1.51. The topological polar surface area (TPSA) is 21.7 Å². The molecule has 3 nitrogen and oxygen atoms in total. The third kappa shape index (κ3) is 2.05. The fourth-order valence-corrected chi connectivity index (χ4v) is 2.28. The van der Waals surface area contributed by atoms with E-state index in [1.54, 1.807) is 14.2 Å². The monoisotopic (exact) mass is 241 g/mol. The van der Waals surface area contributed by atoms with E-state index in [0.717, 1.165) is 24.5 Å². The van der Waals surface area contributed by atoms with Gasteiger partial charge in [0, 0.05) is 25.2 Å². The van der Waals surface area contributed by atoms with Gasteiger partial charge in [0.25, 0.3) is 0 Å². The lowest BCUT2D eigenvalue weighted by Crippen LogP contribution is -2.18. The molecule has 1 aliphatic rings. The Morgan fingerprint density at radius 2 is 1.69 bits per heavy atom. The Balaban J connectivity index is 2.40. The quantitative estimate of drug-likeness (QED) is 0.812. The highest BCUT2D eigenvalue weighted by molar-refractivity contribution is 6.32. The van der Waals surface area contributed by atoms with Gasteiger partial charge in [0.2, 0.25) is 0 Å². The standard InChI is InChI=1S/C12H16ClNO2/c1-15-11-8-10(14-5-3-4-6-14)12(16-2)7-9(11)13/h7-8H,3-6H2,1-2H3. The molecule has 0 amide bonds. The van der Waals surface area contributed by atoms with Crippen LogP contribution in [0, 0.1) is 0 Å². The summed E-state index contributed by atoms with van der Waals surface area (Å²) < 4.78 is 10.6. The van der Waals surface area contributed by atoms with Crippen LogP contribution in [0.25, 0.3) is 0 Å². The molecule has 0 N–H and O–H groups in total. The molecule has 16 heavy (non-hydrogen) atoms. The van der Waals surface area contributed by atoms with E-state index in [2.05, 4.69) is 4.90 Å². The van der Waals surface area contributed by atoms with Gasteiger partial charge in [-0.15, -0.1) is 0 Å². The highest BCUT2D eigenvalue weighted by atomic mass is 35.5. The second-order valence-corrected chi connectivity index (χ2v) is 4.26. The molecule has 1 fully saturated rings. The summed E-state index contributed by atoms with van der Waals surface area (Å²) in [7, 11) is 3.29. The van der Waals surface area contributed by atoms with Crippen LogP contribution >= 0.6 is 11.6 Å². The molecule has 0 saturated carbocycles. The zero-order chi connectivity index (χ0) is 11.5. The van der Waals surface area contributed by atoms with E-state index in [-0.39, 0.29) is 0 Å². The lowest BCUT2D eigenvalue weighted by molar-refractivity contribution is 0.403. The summed E-state index contributed by atoms with van der Waals surface area (Å²) >= 11 is 6.06. The maximum atomic E-state index is 6.06. The van der Waals surface area contributed by atoms with Crippen LogP contribution in [0.2, 0.25) is 5.02 Å². The van der Waals surface area contributed by atoms with Crippen LogP contribution in [0.4, 0.5) is 5.69 Å². The van der Waals surface area contributed by atoms with Gasteiger partial charge in [0.15, 0.2) is 0 Å². The molecule has 1 saturated heterocycles. The number of anilines is 1. The minimum atomic E-state index is 0.585. The lowest BCUT2D eigenvalue weighted by Gasteiger charge is -2.21. The Kier molecular flexibility index (Phi) is 3.44. The number of nitrogens with zero attached hydrogens (tertiary/aromatic N) is 1. The molecule has 1 aromatic carbocycles. The van der Waals surface area contributed by atoms with Crippen molar-refractivity contribution in [1.82, 2.24) is 0 Å². The van der Waals surface area contributed by atoms with Crippen molar-refractivity contribution in [1.29, 1.82) is 0 Å². The molecule has 0 bridgehead atoms. The van der Waals surface area contributed by atoms with Crippen molar-refractivity contribution in [3.8, 4) is 11.5 Å². The molecule has 0 atom stereocenters. The van der Waals surface area contributed by atoms with Gasteiger partial charge in [-0.1, -0.05) is 11.6 Å². The summed E-state index contributed by atoms with van der Waals surface area (Å²) in [6.07, 6.45) is 2.46. The molecule has 4 heteroatoms. The van der Waals surface area contributed by atoms with E-state index in [1.807, 2.05) is 12.1 Å². The van der Waals surface area contributed by atoms with Crippen molar-refractivity contribution in [2.45, 2.75) is 12.8 Å². The van der Waals surface area contributed by atoms with E-state index >= 15 is 0 Å². The highest BCUT2D eigenvalue weighted by Gasteiger charge is 2.18. The smallest absolute Gasteiger partial charge is 0.143 e. The van der Waals surface area contributed by atoms with Gasteiger partial charge in [-0.25, -0.2) is 0 Å². The molecule has 1 heterocycles. The zero-order valence-electron chi connectivity index (χ0n) is 9.62. The predicted molar refractivity (Wildman–Crippen MR) is 66.0 cm³/mol. The molecular weight excluding hydrogens is 226 g/mol. The molecule has 1 aliphatic heterocycles. The molecular formula is C12H16ClNO2. The van der Waals surface area contributed by atoms with Crippen LogP contribution in [0.3, 0.4) is 0 Å². The fourth-order valence-electron chi connectivity index (χ4n) is 2.05. The minimum absolute atomic E-state index is 0.585. The second-order valence-electron chi connectivity index (χ2n) is 3.85. The molecule has 0 unspecified atom stereocenters. The summed E-state index contributed by atoms with van der Waals surface area (Å²) in [4.78, 5) is 2.30. The Hall–Kier alpha value is -1.09. The van der Waals surface area contributed by atoms with Crippen LogP contribution in [0.1, 0.15) is 12.8 Å². The van der Waals surface area contributed by atoms with E-state index in [1.165, 1.54) is 12.8 Å². The van der Waals surface area contributed by atoms with Crippen LogP contribution in [-0.4, -0.2) is 27.3 Å². The number of hydrogen-bond acceptors (Lipinski definition) is 3. The molecule has 0 spiro atoms. The van der Waals surface area contributed by atoms with Gasteiger partial charge in [-0.05, 0) is 12.8 Å². The number of benzene rings is 1. The van der Waals surface area contributed by atoms with E-state index < -0.39 is 0 Å². The van der Waals surface area contributed by atoms with Crippen LogP contribution in [0.15, 0.2) is 12.1 Å². The highest BCUT2D eigenvalue weighted by Crippen LogP contribution is 2.39. The largest absolute Gasteiger partial charge is 0.495 e. The first-order valence-electron chi connectivity index (χ1n) is 5.42. The van der Waals surface area contributed by atoms with Gasteiger partial charge in [-0.3, -0.25) is 0 Å². The van der Waals surface area contributed by atoms with Gasteiger partial charge in [0.1, 0.15) is 11.5 Å². The SMILES string of the molecule is COc1cc(N2CCCC2)c(OC)cc1Cl. The first-order chi connectivity index (χ1) is 7.76. The third-order valence-corrected chi connectivity index (χ3v) is 3.20. The van der Waals surface area contributed by atoms with Gasteiger partial charge < -0.3 is 14.4 Å². The maximum absolute atomic E-state index is 6.06. The summed E-state index contributed by atoms with van der Waals surface area (Å²) in [6, 6.07) is 3.76. The van der Waals surface area contributed by atoms with Crippen LogP contribution < -0.4 is 14.4 Å². The van der Waals surface area contributed by atoms with E-state index in [0.29, 0.717) is 10.8 Å². The first-order valence-corrected chi connectivity index (χ1v) is 5.80. The molecule has 1 aromatic rings. The number of halogens is 1. The Labute approximate surface area is 101 Å². The zero-order valence-corrected chi connectivity index (χ0v) is 10.4. The van der Waals surface area contributed by atoms with Crippen molar-refractivity contribution < 1.29 is 9.47 Å². The van der Waals surface area contributed by atoms with Gasteiger partial charge >= 0.3 is 0 Å². The van der Waals surface area contributed by atoms with Crippen molar-refractivity contribution in [3.63, 3.8) is 0 Å². The van der Waals surface area contributed by atoms with Crippen LogP contribution in [0.5, 0.6) is 11.5 Å². The number of hydrogen-bond donors (Lipinski definition) is 0. The Morgan fingerprint density at radius 3 is 2.25 bits per heavy atom. The van der Waals surface area contributed by atoms with Crippen LogP contribution in [-0.2, 0) is 0 Å². The molecule has 88 valence electrons. The second kappa shape index (κ2) is 4.83. The normalized spacial score (nSPS) is 15.3. The average Bonchev–Trinajstić information content (AvgIpc) is 2.82. The average molecular weight is 242 g/mol. The molecule has 2 rings (SSSR count). The lowest BCUT2D eigenvalue weighted by atomic mass is 10.2. The number of methoxy groups -OCH3 is 2. The van der Waals surface area contributed by atoms with Crippen molar-refractivity contribution in [2.75, 3.05) is 32.2 Å². The Morgan fingerprint density at radius 1 is 1.06 bits per heavy atom. The number of rotatable bonds is 3. The van der Waals surface area contributed by atoms with E-state index in [4.69, 9.17) is 21.1 Å². The third-order valence-electron chi connectivity index (χ3n) is 2.90. The summed E-state index contributed by atoms with van der Waals surface area (Å²) in [5.41, 5.74) is 1.07. The summed E-state index contributed by atoms with van der Waals surface area (Å²) in [6.45, 7) is 2.14. The maximum Gasteiger partial charge on any atom is 0.143 e. The minimum Gasteiger partial charge on any atom is -0.495 e. The molecule has 0 aliphatic carbocycles. The van der Waals surface area contributed by atoms with Crippen molar-refractivity contribution in [3.05, 3.63) is 17.2 Å². The number of ether oxygens (including phenoxy) is 2. The van der Waals surface area contributed by atoms with Gasteiger partial charge in [-0.2, -0.15) is 0 Å². The molecule has 0 radical (unpaired) electrons. The van der Waals surface area contributed by atoms with Crippen molar-refractivity contribution >= 4 is 17.3 Å². The summed E-state index contributed by atoms with van der Waals surface area (Å²) in [5, 5.41) is 0.585. The molecule has 0 aromatic heterocycles. The predicted octanol–water partition coefficient (Wildman–Crippen LogP) is 2.96. The van der Waals surface area contributed by atoms with E-state index in [9.17, 15) is 0 Å². The fraction of sp³-hybridized carbons (Fsp3) is 0.500. The Bertz CT molecular complexity index is 376. The van der Waals surface area contributed by atoms with Crippen molar-refractivity contribution in [2.24, 2.45) is 0 Å². The first kappa shape index (κ1) is 11.4. The van der Waals surface area contributed by atoms with Gasteiger partial charge in [0.05, 0.1) is 24.9 Å².